The highest BCUT2D eigenvalue weighted by Crippen LogP contribution is 2.12. The van der Waals surface area contributed by atoms with Gasteiger partial charge in [0.15, 0.2) is 0 Å². The largest absolute Gasteiger partial charge is 0.464 e. The normalized spacial score (nSPS) is 9.95. The molecule has 0 radical (unpaired) electrons. The molecule has 0 aliphatic carbocycles. The van der Waals surface area contributed by atoms with Gasteiger partial charge in [0.1, 0.15) is 11.4 Å². The summed E-state index contributed by atoms with van der Waals surface area (Å²) >= 11 is 0. The van der Waals surface area contributed by atoms with Crippen LogP contribution in [-0.2, 0) is 4.74 Å². The lowest BCUT2D eigenvalue weighted by molar-refractivity contribution is 0.0594. The number of carbonyl (C=O) groups excluding carboxylic acids is 3. The standard InChI is InChI=1S/C13H12N4O4/c1-21-13(20)10-5-8(6-16-10)17-12(19)7-2-3-15-9(4-7)11(14)18/h2-6,16H,1H3,(H2,14,18)(H,17,19). The monoisotopic (exact) mass is 288 g/mol. The Bertz CT molecular complexity index is 708. The number of nitrogens with one attached hydrogen (secondary N) is 2. The van der Waals surface area contributed by atoms with Crippen LogP contribution in [0.15, 0.2) is 30.6 Å². The Morgan fingerprint density at radius 2 is 2.10 bits per heavy atom. The minimum atomic E-state index is -0.723. The van der Waals surface area contributed by atoms with Crippen molar-refractivity contribution in [3.8, 4) is 0 Å². The number of nitrogens with zero attached hydrogens (tertiary/aromatic N) is 1. The molecule has 2 aromatic rings. The van der Waals surface area contributed by atoms with Crippen LogP contribution in [0.4, 0.5) is 5.69 Å². The van der Waals surface area contributed by atoms with Gasteiger partial charge < -0.3 is 20.8 Å². The minimum absolute atomic E-state index is 0.00744. The van der Waals surface area contributed by atoms with Crippen molar-refractivity contribution in [2.45, 2.75) is 0 Å². The molecular formula is C13H12N4O4. The molecule has 0 atom stereocenters. The maximum Gasteiger partial charge on any atom is 0.354 e. The average Bonchev–Trinajstić information content (AvgIpc) is 2.95. The first-order valence-electron chi connectivity index (χ1n) is 5.85. The number of nitrogens with two attached hydrogens (primary N) is 1. The number of H-pyrrole nitrogens is 1. The summed E-state index contributed by atoms with van der Waals surface area (Å²) in [6, 6.07) is 4.15. The Labute approximate surface area is 119 Å². The summed E-state index contributed by atoms with van der Waals surface area (Å²) < 4.78 is 4.54. The zero-order valence-electron chi connectivity index (χ0n) is 11.0. The van der Waals surface area contributed by atoms with E-state index in [1.54, 1.807) is 0 Å². The summed E-state index contributed by atoms with van der Waals surface area (Å²) in [5.41, 5.74) is 5.91. The van der Waals surface area contributed by atoms with Crippen LogP contribution < -0.4 is 11.1 Å². The molecule has 108 valence electrons. The molecule has 0 spiro atoms. The number of methoxy groups -OCH3 is 1. The molecule has 0 aromatic carbocycles. The second kappa shape index (κ2) is 5.87. The number of primary amides is 1. The van der Waals surface area contributed by atoms with E-state index in [1.165, 1.54) is 37.7 Å². The van der Waals surface area contributed by atoms with E-state index in [-0.39, 0.29) is 17.0 Å². The van der Waals surface area contributed by atoms with Gasteiger partial charge in [0.2, 0.25) is 0 Å². The third kappa shape index (κ3) is 3.24. The van der Waals surface area contributed by atoms with Crippen molar-refractivity contribution in [3.63, 3.8) is 0 Å². The first-order chi connectivity index (χ1) is 10.0. The topological polar surface area (TPSA) is 127 Å². The smallest absolute Gasteiger partial charge is 0.354 e. The number of rotatable bonds is 4. The molecule has 0 fully saturated rings. The van der Waals surface area contributed by atoms with Crippen LogP contribution in [0.1, 0.15) is 31.3 Å². The lowest BCUT2D eigenvalue weighted by Crippen LogP contribution is -2.16. The van der Waals surface area contributed by atoms with Gasteiger partial charge in [0, 0.05) is 18.0 Å². The van der Waals surface area contributed by atoms with Crippen molar-refractivity contribution < 1.29 is 19.1 Å². The summed E-state index contributed by atoms with van der Waals surface area (Å²) in [6.07, 6.45) is 2.76. The molecule has 2 heterocycles. The number of aromatic amines is 1. The Kier molecular flexibility index (Phi) is 3.98. The van der Waals surface area contributed by atoms with Crippen LogP contribution in [-0.4, -0.2) is 34.9 Å². The third-order valence-electron chi connectivity index (χ3n) is 2.62. The molecule has 0 saturated heterocycles. The summed E-state index contributed by atoms with van der Waals surface area (Å²) in [5.74, 6) is -1.73. The molecule has 0 aliphatic heterocycles. The van der Waals surface area contributed by atoms with E-state index in [0.29, 0.717) is 5.69 Å². The molecule has 0 unspecified atom stereocenters. The number of carbonyl (C=O) groups is 3. The third-order valence-corrected chi connectivity index (χ3v) is 2.62. The van der Waals surface area contributed by atoms with Crippen LogP contribution in [0.5, 0.6) is 0 Å². The van der Waals surface area contributed by atoms with E-state index in [9.17, 15) is 14.4 Å². The van der Waals surface area contributed by atoms with Crippen molar-refractivity contribution in [3.05, 3.63) is 47.5 Å². The van der Waals surface area contributed by atoms with Crippen molar-refractivity contribution in [2.75, 3.05) is 12.4 Å². The van der Waals surface area contributed by atoms with E-state index in [4.69, 9.17) is 5.73 Å². The lowest BCUT2D eigenvalue weighted by atomic mass is 10.2. The summed E-state index contributed by atoms with van der Waals surface area (Å²) in [6.45, 7) is 0. The van der Waals surface area contributed by atoms with Crippen LogP contribution in [0.2, 0.25) is 0 Å². The van der Waals surface area contributed by atoms with Crippen LogP contribution in [0.3, 0.4) is 0 Å². The number of esters is 1. The predicted octanol–water partition coefficient (Wildman–Crippen LogP) is 0.548. The first-order valence-corrected chi connectivity index (χ1v) is 5.85. The SMILES string of the molecule is COC(=O)c1cc(NC(=O)c2ccnc(C(N)=O)c2)c[nH]1. The summed E-state index contributed by atoms with van der Waals surface area (Å²) in [5, 5.41) is 2.57. The van der Waals surface area contributed by atoms with Gasteiger partial charge in [-0.2, -0.15) is 0 Å². The number of hydrogen-bond donors (Lipinski definition) is 3. The zero-order chi connectivity index (χ0) is 15.4. The molecule has 2 aromatic heterocycles. The van der Waals surface area contributed by atoms with E-state index >= 15 is 0 Å². The van der Waals surface area contributed by atoms with Crippen molar-refractivity contribution >= 4 is 23.5 Å². The first kappa shape index (κ1) is 14.3. The number of anilines is 1. The Morgan fingerprint density at radius 3 is 2.76 bits per heavy atom. The van der Waals surface area contributed by atoms with E-state index in [0.717, 1.165) is 0 Å². The van der Waals surface area contributed by atoms with Gasteiger partial charge in [-0.05, 0) is 18.2 Å². The van der Waals surface area contributed by atoms with Gasteiger partial charge in [0.05, 0.1) is 12.8 Å². The highest BCUT2D eigenvalue weighted by molar-refractivity contribution is 6.06. The number of amides is 2. The molecule has 4 N–H and O–H groups in total. The molecule has 8 nitrogen and oxygen atoms in total. The minimum Gasteiger partial charge on any atom is -0.464 e. The number of hydrogen-bond acceptors (Lipinski definition) is 5. The second-order valence-electron chi connectivity index (χ2n) is 4.04. The van der Waals surface area contributed by atoms with E-state index in [1.807, 2.05) is 0 Å². The molecule has 2 amide bonds. The highest BCUT2D eigenvalue weighted by Gasteiger charge is 2.12. The van der Waals surface area contributed by atoms with Crippen LogP contribution >= 0.6 is 0 Å². The lowest BCUT2D eigenvalue weighted by Gasteiger charge is -2.03. The van der Waals surface area contributed by atoms with Gasteiger partial charge in [-0.15, -0.1) is 0 Å². The fourth-order valence-corrected chi connectivity index (χ4v) is 1.60. The Hall–Kier alpha value is -3.16. The van der Waals surface area contributed by atoms with Crippen LogP contribution in [0, 0.1) is 0 Å². The molecule has 0 aliphatic rings. The van der Waals surface area contributed by atoms with Gasteiger partial charge in [-0.3, -0.25) is 14.6 Å². The van der Waals surface area contributed by atoms with Gasteiger partial charge >= 0.3 is 5.97 Å². The van der Waals surface area contributed by atoms with Crippen molar-refractivity contribution in [1.29, 1.82) is 0 Å². The second-order valence-corrected chi connectivity index (χ2v) is 4.04. The van der Waals surface area contributed by atoms with Gasteiger partial charge in [-0.1, -0.05) is 0 Å². The summed E-state index contributed by atoms with van der Waals surface area (Å²) in [4.78, 5) is 40.7. The summed E-state index contributed by atoms with van der Waals surface area (Å²) in [7, 11) is 1.25. The van der Waals surface area contributed by atoms with Crippen molar-refractivity contribution in [1.82, 2.24) is 9.97 Å². The number of ether oxygens (including phenoxy) is 1. The number of pyridine rings is 1. The van der Waals surface area contributed by atoms with Crippen molar-refractivity contribution in [2.24, 2.45) is 5.73 Å². The molecule has 2 rings (SSSR count). The maximum atomic E-state index is 12.0. The Balaban J connectivity index is 2.14. The van der Waals surface area contributed by atoms with E-state index < -0.39 is 17.8 Å². The van der Waals surface area contributed by atoms with Gasteiger partial charge in [0.25, 0.3) is 11.8 Å². The molecular weight excluding hydrogens is 276 g/mol. The molecule has 21 heavy (non-hydrogen) atoms. The van der Waals surface area contributed by atoms with Gasteiger partial charge in [-0.25, -0.2) is 4.79 Å². The predicted molar refractivity (Wildman–Crippen MR) is 72.8 cm³/mol. The maximum absolute atomic E-state index is 12.0. The fourth-order valence-electron chi connectivity index (χ4n) is 1.60. The fraction of sp³-hybridized carbons (Fsp3) is 0.0769. The van der Waals surface area contributed by atoms with Crippen LogP contribution in [0.25, 0.3) is 0 Å². The number of aromatic nitrogens is 2. The van der Waals surface area contributed by atoms with E-state index in [2.05, 4.69) is 20.0 Å². The molecule has 8 heteroatoms. The average molecular weight is 288 g/mol. The zero-order valence-corrected chi connectivity index (χ0v) is 11.0. The molecule has 0 bridgehead atoms. The molecule has 0 saturated carbocycles. The Morgan fingerprint density at radius 1 is 1.33 bits per heavy atom. The highest BCUT2D eigenvalue weighted by atomic mass is 16.5. The quantitative estimate of drug-likeness (QED) is 0.708.